The number of methoxy groups -OCH3 is 1. The molecule has 0 amide bonds. The van der Waals surface area contributed by atoms with Crippen LogP contribution in [0.25, 0.3) is 11.3 Å². The lowest BCUT2D eigenvalue weighted by atomic mass is 9.50. The summed E-state index contributed by atoms with van der Waals surface area (Å²) in [5.74, 6) is 0.570. The molecule has 0 aliphatic carbocycles. The lowest BCUT2D eigenvalue weighted by Crippen LogP contribution is -2.29. The standard InChI is InChI=1S/C18H14B2N4O/c1-24-11-14(10-22-24)18(19,20)16-7-6-15(25-2)17(23-16)13-5-3-4-12(8-13)9-21/h3-8,10-11H,1-2H3. The summed E-state index contributed by atoms with van der Waals surface area (Å²) in [6.45, 7) is 0. The number of nitriles is 1. The van der Waals surface area contributed by atoms with E-state index in [9.17, 15) is 0 Å². The zero-order chi connectivity index (χ0) is 18.0. The molecule has 25 heavy (non-hydrogen) atoms. The maximum absolute atomic E-state index is 9.12. The van der Waals surface area contributed by atoms with Gasteiger partial charge in [-0.05, 0) is 35.0 Å². The number of benzene rings is 1. The highest BCUT2D eigenvalue weighted by Gasteiger charge is 2.26. The van der Waals surface area contributed by atoms with Gasteiger partial charge in [-0.25, -0.2) is 4.98 Å². The van der Waals surface area contributed by atoms with Crippen LogP contribution in [0.5, 0.6) is 5.75 Å². The number of aryl methyl sites for hydroxylation is 1. The molecule has 5 nitrogen and oxygen atoms in total. The SMILES string of the molecule is [B]C([B])(c1cnn(C)c1)c1ccc(OC)c(-c2cccc(C#N)c2)n1. The zero-order valence-corrected chi connectivity index (χ0v) is 14.0. The monoisotopic (exact) mass is 324 g/mol. The predicted octanol–water partition coefficient (Wildman–Crippen LogP) is 1.90. The number of ether oxygens (including phenoxy) is 1. The number of pyridine rings is 1. The number of rotatable bonds is 4. The third-order valence-electron chi connectivity index (χ3n) is 3.95. The molecule has 0 aliphatic rings. The van der Waals surface area contributed by atoms with Crippen LogP contribution in [0.15, 0.2) is 48.8 Å². The molecule has 1 aromatic carbocycles. The summed E-state index contributed by atoms with van der Waals surface area (Å²) in [4.78, 5) is 4.63. The summed E-state index contributed by atoms with van der Waals surface area (Å²) in [6.07, 6.45) is 3.36. The molecule has 0 fully saturated rings. The van der Waals surface area contributed by atoms with Gasteiger partial charge < -0.3 is 4.74 Å². The van der Waals surface area contributed by atoms with Crippen LogP contribution < -0.4 is 4.74 Å². The molecule has 7 heteroatoms. The van der Waals surface area contributed by atoms with Crippen LogP contribution in [-0.2, 0) is 12.3 Å². The largest absolute Gasteiger partial charge is 0.494 e. The molecule has 0 saturated heterocycles. The molecule has 0 aliphatic heterocycles. The van der Waals surface area contributed by atoms with Crippen LogP contribution in [0.3, 0.4) is 0 Å². The van der Waals surface area contributed by atoms with Crippen LogP contribution in [0.2, 0.25) is 0 Å². The molecule has 2 heterocycles. The maximum atomic E-state index is 9.12. The number of aromatic nitrogens is 3. The number of nitrogens with zero attached hydrogens (tertiary/aromatic N) is 4. The van der Waals surface area contributed by atoms with Gasteiger partial charge in [-0.15, -0.1) is 0 Å². The Bertz CT molecular complexity index is 960. The van der Waals surface area contributed by atoms with Crippen molar-refractivity contribution >= 4 is 15.7 Å². The summed E-state index contributed by atoms with van der Waals surface area (Å²) in [5, 5.41) is 11.9. The molecule has 4 radical (unpaired) electrons. The Balaban J connectivity index is 2.13. The number of hydrogen-bond acceptors (Lipinski definition) is 4. The van der Waals surface area contributed by atoms with Crippen LogP contribution in [0.4, 0.5) is 0 Å². The van der Waals surface area contributed by atoms with Crippen molar-refractivity contribution in [1.29, 1.82) is 5.26 Å². The van der Waals surface area contributed by atoms with Crippen molar-refractivity contribution in [2.75, 3.05) is 7.11 Å². The van der Waals surface area contributed by atoms with Crippen molar-refractivity contribution in [3.63, 3.8) is 0 Å². The first kappa shape index (κ1) is 16.8. The normalized spacial score (nSPS) is 11.1. The molecular formula is C18H14B2N4O. The Kier molecular flexibility index (Phi) is 4.37. The third-order valence-corrected chi connectivity index (χ3v) is 3.95. The average molecular weight is 324 g/mol. The fraction of sp³-hybridized carbons (Fsp3) is 0.167. The van der Waals surface area contributed by atoms with Gasteiger partial charge in [-0.3, -0.25) is 4.68 Å². The molecule has 3 aromatic rings. The summed E-state index contributed by atoms with van der Waals surface area (Å²) in [7, 11) is 16.0. The Morgan fingerprint density at radius 1 is 1.24 bits per heavy atom. The molecule has 0 unspecified atom stereocenters. The van der Waals surface area contributed by atoms with Crippen LogP contribution in [0, 0.1) is 11.3 Å². The van der Waals surface area contributed by atoms with Gasteiger partial charge in [0.15, 0.2) is 0 Å². The summed E-state index contributed by atoms with van der Waals surface area (Å²) >= 11 is 0. The van der Waals surface area contributed by atoms with Gasteiger partial charge >= 0.3 is 0 Å². The topological polar surface area (TPSA) is 63.7 Å². The quantitative estimate of drug-likeness (QED) is 0.688. The van der Waals surface area contributed by atoms with Gasteiger partial charge in [0.1, 0.15) is 11.4 Å². The third kappa shape index (κ3) is 3.16. The minimum absolute atomic E-state index is 0.471. The van der Waals surface area contributed by atoms with Gasteiger partial charge in [0.25, 0.3) is 0 Å². The number of hydrogen-bond donors (Lipinski definition) is 0. The lowest BCUT2D eigenvalue weighted by molar-refractivity contribution is 0.414. The first-order chi connectivity index (χ1) is 12.0. The second-order valence-electron chi connectivity index (χ2n) is 5.71. The van der Waals surface area contributed by atoms with Crippen LogP contribution >= 0.6 is 0 Å². The summed E-state index contributed by atoms with van der Waals surface area (Å²) < 4.78 is 7.04. The van der Waals surface area contributed by atoms with Crippen molar-refractivity contribution in [2.45, 2.75) is 5.21 Å². The second-order valence-corrected chi connectivity index (χ2v) is 5.71. The summed E-state index contributed by atoms with van der Waals surface area (Å²) in [5.41, 5.74) is 2.97. The van der Waals surface area contributed by atoms with Crippen molar-refractivity contribution in [3.05, 3.63) is 65.6 Å². The van der Waals surface area contributed by atoms with E-state index in [0.717, 1.165) is 5.56 Å². The molecule has 0 bridgehead atoms. The molecule has 3 rings (SSSR count). The molecule has 2 aromatic heterocycles. The van der Waals surface area contributed by atoms with Crippen LogP contribution in [0.1, 0.15) is 16.8 Å². The van der Waals surface area contributed by atoms with E-state index >= 15 is 0 Å². The molecule has 0 atom stereocenters. The van der Waals surface area contributed by atoms with E-state index in [1.807, 2.05) is 6.07 Å². The van der Waals surface area contributed by atoms with E-state index < -0.39 is 5.21 Å². The van der Waals surface area contributed by atoms with E-state index in [1.54, 1.807) is 61.6 Å². The Morgan fingerprint density at radius 2 is 2.04 bits per heavy atom. The minimum Gasteiger partial charge on any atom is -0.494 e. The average Bonchev–Trinajstić information content (AvgIpc) is 3.08. The predicted molar refractivity (Wildman–Crippen MR) is 96.4 cm³/mol. The Morgan fingerprint density at radius 3 is 2.68 bits per heavy atom. The lowest BCUT2D eigenvalue weighted by Gasteiger charge is -2.25. The minimum atomic E-state index is -1.30. The van der Waals surface area contributed by atoms with E-state index in [1.165, 1.54) is 0 Å². The van der Waals surface area contributed by atoms with Crippen molar-refractivity contribution in [3.8, 4) is 23.1 Å². The molecule has 0 saturated carbocycles. The highest BCUT2D eigenvalue weighted by atomic mass is 16.5. The fourth-order valence-corrected chi connectivity index (χ4v) is 2.57. The highest BCUT2D eigenvalue weighted by molar-refractivity contribution is 6.42. The first-order valence-electron chi connectivity index (χ1n) is 7.58. The van der Waals surface area contributed by atoms with E-state index in [2.05, 4.69) is 16.2 Å². The van der Waals surface area contributed by atoms with Gasteiger partial charge in [-0.2, -0.15) is 10.4 Å². The molecule has 118 valence electrons. The van der Waals surface area contributed by atoms with E-state index in [0.29, 0.717) is 28.3 Å². The maximum Gasteiger partial charge on any atom is 0.145 e. The van der Waals surface area contributed by atoms with E-state index in [-0.39, 0.29) is 0 Å². The molecular weight excluding hydrogens is 310 g/mol. The van der Waals surface area contributed by atoms with Gasteiger partial charge in [-0.1, -0.05) is 12.1 Å². The fourth-order valence-electron chi connectivity index (χ4n) is 2.57. The molecule has 0 N–H and O–H groups in total. The van der Waals surface area contributed by atoms with Gasteiger partial charge in [0, 0.05) is 24.5 Å². The first-order valence-corrected chi connectivity index (χ1v) is 7.58. The van der Waals surface area contributed by atoms with E-state index in [4.69, 9.17) is 25.7 Å². The summed E-state index contributed by atoms with van der Waals surface area (Å²) in [6, 6.07) is 12.7. The molecule has 0 spiro atoms. The van der Waals surface area contributed by atoms with Gasteiger partial charge in [0.05, 0.1) is 40.6 Å². The van der Waals surface area contributed by atoms with Crippen LogP contribution in [-0.4, -0.2) is 37.6 Å². The highest BCUT2D eigenvalue weighted by Crippen LogP contribution is 2.32. The van der Waals surface area contributed by atoms with Crippen molar-refractivity contribution in [2.24, 2.45) is 7.05 Å². The Hall–Kier alpha value is -3.00. The zero-order valence-electron chi connectivity index (χ0n) is 14.0. The van der Waals surface area contributed by atoms with Gasteiger partial charge in [0.2, 0.25) is 0 Å². The van der Waals surface area contributed by atoms with Crippen molar-refractivity contribution in [1.82, 2.24) is 14.8 Å². The smallest absolute Gasteiger partial charge is 0.145 e. The van der Waals surface area contributed by atoms with Crippen molar-refractivity contribution < 1.29 is 4.74 Å². The second kappa shape index (κ2) is 6.48. The Labute approximate surface area is 149 Å².